The maximum atomic E-state index is 13.6. The predicted molar refractivity (Wildman–Crippen MR) is 90.9 cm³/mol. The van der Waals surface area contributed by atoms with Crippen molar-refractivity contribution in [1.82, 2.24) is 4.90 Å². The van der Waals surface area contributed by atoms with Crippen LogP contribution in [-0.2, 0) is 22.6 Å². The number of hydrogen-bond donors (Lipinski definition) is 0. The van der Waals surface area contributed by atoms with E-state index in [1.807, 2.05) is 35.2 Å². The van der Waals surface area contributed by atoms with Crippen molar-refractivity contribution >= 4 is 5.91 Å². The molecule has 0 aliphatic carbocycles. The van der Waals surface area contributed by atoms with E-state index >= 15 is 0 Å². The summed E-state index contributed by atoms with van der Waals surface area (Å²) in [6.07, 6.45) is 2.21. The number of carbonyl (C=O) groups excluding carboxylic acids is 1. The molecule has 0 spiro atoms. The lowest BCUT2D eigenvalue weighted by Crippen LogP contribution is -2.43. The first kappa shape index (κ1) is 16.7. The van der Waals surface area contributed by atoms with Crippen molar-refractivity contribution in [3.05, 3.63) is 71.5 Å². The van der Waals surface area contributed by atoms with Gasteiger partial charge in [-0.2, -0.15) is 0 Å². The lowest BCUT2D eigenvalue weighted by molar-refractivity contribution is -0.134. The number of carbonyl (C=O) groups is 1. The quantitative estimate of drug-likeness (QED) is 0.840. The van der Waals surface area contributed by atoms with E-state index in [9.17, 15) is 9.18 Å². The Labute approximate surface area is 142 Å². The molecule has 1 saturated heterocycles. The molecule has 126 valence electrons. The average molecular weight is 327 g/mol. The Morgan fingerprint density at radius 2 is 1.88 bits per heavy atom. The second-order valence-electron chi connectivity index (χ2n) is 6.17. The maximum absolute atomic E-state index is 13.6. The van der Waals surface area contributed by atoms with Gasteiger partial charge in [-0.05, 0) is 24.5 Å². The van der Waals surface area contributed by atoms with Gasteiger partial charge in [-0.25, -0.2) is 4.39 Å². The van der Waals surface area contributed by atoms with Gasteiger partial charge in [-0.15, -0.1) is 0 Å². The summed E-state index contributed by atoms with van der Waals surface area (Å²) in [5.41, 5.74) is 1.59. The molecule has 1 aliphatic rings. The van der Waals surface area contributed by atoms with Gasteiger partial charge in [0.25, 0.3) is 0 Å². The second kappa shape index (κ2) is 8.06. The van der Waals surface area contributed by atoms with Crippen LogP contribution in [0, 0.1) is 5.82 Å². The minimum atomic E-state index is -0.245. The zero-order valence-corrected chi connectivity index (χ0v) is 13.7. The fraction of sp³-hybridized carbons (Fsp3) is 0.350. The Morgan fingerprint density at radius 3 is 2.67 bits per heavy atom. The Balaban J connectivity index is 1.52. The highest BCUT2D eigenvalue weighted by molar-refractivity contribution is 5.78. The van der Waals surface area contributed by atoms with E-state index in [1.54, 1.807) is 18.2 Å². The molecule has 0 radical (unpaired) electrons. The maximum Gasteiger partial charge on any atom is 0.227 e. The summed E-state index contributed by atoms with van der Waals surface area (Å²) < 4.78 is 19.5. The number of hydrogen-bond acceptors (Lipinski definition) is 2. The van der Waals surface area contributed by atoms with Crippen LogP contribution in [0.5, 0.6) is 0 Å². The van der Waals surface area contributed by atoms with Gasteiger partial charge in [0.05, 0.1) is 19.1 Å². The monoisotopic (exact) mass is 327 g/mol. The van der Waals surface area contributed by atoms with Crippen LogP contribution in [0.1, 0.15) is 24.0 Å². The highest BCUT2D eigenvalue weighted by atomic mass is 19.1. The van der Waals surface area contributed by atoms with Crippen molar-refractivity contribution < 1.29 is 13.9 Å². The molecule has 1 aliphatic heterocycles. The van der Waals surface area contributed by atoms with Gasteiger partial charge in [0.15, 0.2) is 0 Å². The number of halogens is 1. The Morgan fingerprint density at radius 1 is 1.12 bits per heavy atom. The van der Waals surface area contributed by atoms with E-state index in [4.69, 9.17) is 4.74 Å². The normalized spacial score (nSPS) is 17.7. The van der Waals surface area contributed by atoms with E-state index < -0.39 is 0 Å². The fourth-order valence-corrected chi connectivity index (χ4v) is 3.01. The summed E-state index contributed by atoms with van der Waals surface area (Å²) in [4.78, 5) is 14.3. The number of likely N-dealkylation sites (tertiary alicyclic amines) is 1. The van der Waals surface area contributed by atoms with Crippen LogP contribution in [0.2, 0.25) is 0 Å². The van der Waals surface area contributed by atoms with Crippen LogP contribution in [0.15, 0.2) is 54.6 Å². The highest BCUT2D eigenvalue weighted by Gasteiger charge is 2.24. The largest absolute Gasteiger partial charge is 0.372 e. The van der Waals surface area contributed by atoms with Crippen LogP contribution >= 0.6 is 0 Å². The molecule has 2 aromatic carbocycles. The Hall–Kier alpha value is -2.20. The van der Waals surface area contributed by atoms with E-state index in [1.165, 1.54) is 6.07 Å². The first-order valence-electron chi connectivity index (χ1n) is 8.39. The molecule has 2 aromatic rings. The molecule has 1 heterocycles. The third-order valence-electron chi connectivity index (χ3n) is 4.36. The molecule has 24 heavy (non-hydrogen) atoms. The molecular weight excluding hydrogens is 305 g/mol. The van der Waals surface area contributed by atoms with E-state index in [-0.39, 0.29) is 24.4 Å². The summed E-state index contributed by atoms with van der Waals surface area (Å²) in [5, 5.41) is 0. The van der Waals surface area contributed by atoms with Gasteiger partial charge in [0.1, 0.15) is 5.82 Å². The number of amides is 1. The van der Waals surface area contributed by atoms with Crippen LogP contribution in [-0.4, -0.2) is 30.0 Å². The Kier molecular flexibility index (Phi) is 5.59. The third kappa shape index (κ3) is 4.42. The van der Waals surface area contributed by atoms with Crippen molar-refractivity contribution in [3.8, 4) is 0 Å². The summed E-state index contributed by atoms with van der Waals surface area (Å²) in [6.45, 7) is 1.60. The third-order valence-corrected chi connectivity index (χ3v) is 4.36. The van der Waals surface area contributed by atoms with Gasteiger partial charge in [-0.1, -0.05) is 48.5 Å². The number of nitrogens with zero attached hydrogens (tertiary/aromatic N) is 1. The molecule has 1 amide bonds. The highest BCUT2D eigenvalue weighted by Crippen LogP contribution is 2.17. The van der Waals surface area contributed by atoms with Crippen molar-refractivity contribution in [1.29, 1.82) is 0 Å². The molecule has 1 fully saturated rings. The van der Waals surface area contributed by atoms with E-state index in [2.05, 4.69) is 0 Å². The smallest absolute Gasteiger partial charge is 0.227 e. The lowest BCUT2D eigenvalue weighted by atomic mass is 10.1. The zero-order valence-electron chi connectivity index (χ0n) is 13.7. The second-order valence-corrected chi connectivity index (χ2v) is 6.17. The van der Waals surface area contributed by atoms with Crippen molar-refractivity contribution in [2.45, 2.75) is 32.0 Å². The van der Waals surface area contributed by atoms with E-state index in [0.29, 0.717) is 18.5 Å². The molecule has 3 nitrogen and oxygen atoms in total. The van der Waals surface area contributed by atoms with Gasteiger partial charge < -0.3 is 9.64 Å². The van der Waals surface area contributed by atoms with Crippen LogP contribution in [0.25, 0.3) is 0 Å². The molecule has 0 bridgehead atoms. The molecule has 0 saturated carbocycles. The van der Waals surface area contributed by atoms with Crippen molar-refractivity contribution in [2.75, 3.05) is 13.1 Å². The van der Waals surface area contributed by atoms with Gasteiger partial charge in [-0.3, -0.25) is 4.79 Å². The zero-order chi connectivity index (χ0) is 16.8. The SMILES string of the molecule is O=C(Cc1ccccc1)N1CCC[C@H](OCc2ccccc2F)C1. The van der Waals surface area contributed by atoms with Gasteiger partial charge >= 0.3 is 0 Å². The van der Waals surface area contributed by atoms with Crippen molar-refractivity contribution in [3.63, 3.8) is 0 Å². The fourth-order valence-electron chi connectivity index (χ4n) is 3.01. The molecule has 1 atom stereocenters. The molecule has 0 N–H and O–H groups in total. The van der Waals surface area contributed by atoms with Crippen LogP contribution in [0.3, 0.4) is 0 Å². The number of ether oxygens (including phenoxy) is 1. The first-order valence-corrected chi connectivity index (χ1v) is 8.39. The lowest BCUT2D eigenvalue weighted by Gasteiger charge is -2.33. The van der Waals surface area contributed by atoms with Gasteiger partial charge in [0, 0.05) is 18.7 Å². The average Bonchev–Trinajstić information content (AvgIpc) is 2.62. The summed E-state index contributed by atoms with van der Waals surface area (Å²) in [7, 11) is 0. The van der Waals surface area contributed by atoms with Crippen LogP contribution < -0.4 is 0 Å². The molecular formula is C20H22FNO2. The first-order chi connectivity index (χ1) is 11.7. The van der Waals surface area contributed by atoms with E-state index in [0.717, 1.165) is 24.9 Å². The number of piperidine rings is 1. The number of rotatable bonds is 5. The van der Waals surface area contributed by atoms with Gasteiger partial charge in [0.2, 0.25) is 5.91 Å². The topological polar surface area (TPSA) is 29.5 Å². The molecule has 3 rings (SSSR count). The standard InChI is InChI=1S/C20H22FNO2/c21-19-11-5-4-9-17(19)15-24-18-10-6-12-22(14-18)20(23)13-16-7-2-1-3-8-16/h1-5,7-9,11,18H,6,10,12-15H2/t18-/m0/s1. The summed E-state index contributed by atoms with van der Waals surface area (Å²) >= 11 is 0. The summed E-state index contributed by atoms with van der Waals surface area (Å²) in [6, 6.07) is 16.4. The summed E-state index contributed by atoms with van der Waals surface area (Å²) in [5.74, 6) is -0.120. The predicted octanol–water partition coefficient (Wildman–Crippen LogP) is 3.58. The molecule has 4 heteroatoms. The number of benzene rings is 2. The molecule has 0 unspecified atom stereocenters. The molecule has 0 aromatic heterocycles. The van der Waals surface area contributed by atoms with Crippen molar-refractivity contribution in [2.24, 2.45) is 0 Å². The van der Waals surface area contributed by atoms with Crippen LogP contribution in [0.4, 0.5) is 4.39 Å². The Bertz CT molecular complexity index is 674. The minimum Gasteiger partial charge on any atom is -0.372 e. The minimum absolute atomic E-state index is 0.0296.